The third kappa shape index (κ3) is 1.61. The fourth-order valence-corrected chi connectivity index (χ4v) is 2.52. The van der Waals surface area contributed by atoms with Crippen LogP contribution in [0.5, 0.6) is 0 Å². The third-order valence-electron chi connectivity index (χ3n) is 3.65. The summed E-state index contributed by atoms with van der Waals surface area (Å²) in [5.41, 5.74) is 0.734. The van der Waals surface area contributed by atoms with Crippen LogP contribution >= 0.6 is 0 Å². The van der Waals surface area contributed by atoms with E-state index in [1.54, 1.807) is 6.07 Å². The largest absolute Gasteiger partial charge is 0.481 e. The monoisotopic (exact) mass is 246 g/mol. The van der Waals surface area contributed by atoms with Crippen LogP contribution in [0.25, 0.3) is 11.0 Å². The molecule has 4 heteroatoms. The minimum atomic E-state index is -1.12. The van der Waals surface area contributed by atoms with Crippen molar-refractivity contribution in [2.45, 2.75) is 25.4 Å². The molecule has 0 bridgehead atoms. The molecule has 1 aromatic heterocycles. The van der Waals surface area contributed by atoms with Crippen LogP contribution in [-0.4, -0.2) is 16.2 Å². The van der Waals surface area contributed by atoms with E-state index >= 15 is 0 Å². The number of aliphatic carboxylic acids is 1. The van der Waals surface area contributed by atoms with Gasteiger partial charge in [-0.05, 0) is 38.0 Å². The number of carbonyl (C=O) groups is 1. The molecule has 0 amide bonds. The smallest absolute Gasteiger partial charge is 0.306 e. The zero-order valence-corrected chi connectivity index (χ0v) is 10.0. The van der Waals surface area contributed by atoms with Crippen LogP contribution in [0.4, 0.5) is 0 Å². The van der Waals surface area contributed by atoms with Gasteiger partial charge < -0.3 is 14.6 Å². The van der Waals surface area contributed by atoms with E-state index in [0.717, 1.165) is 16.5 Å². The van der Waals surface area contributed by atoms with E-state index in [0.29, 0.717) is 5.76 Å². The van der Waals surface area contributed by atoms with Gasteiger partial charge >= 0.3 is 5.97 Å². The first-order valence-electron chi connectivity index (χ1n) is 5.94. The average molecular weight is 246 g/mol. The number of fused-ring (bicyclic) bond motifs is 1. The minimum absolute atomic E-state index is 0.223. The van der Waals surface area contributed by atoms with Gasteiger partial charge in [-0.3, -0.25) is 4.79 Å². The predicted octanol–water partition coefficient (Wildman–Crippen LogP) is 2.42. The highest BCUT2D eigenvalue weighted by molar-refractivity contribution is 5.79. The summed E-state index contributed by atoms with van der Waals surface area (Å²) in [6.45, 7) is 1.99. The van der Waals surface area contributed by atoms with Crippen LogP contribution in [0.1, 0.15) is 24.2 Å². The molecule has 1 saturated carbocycles. The SMILES string of the molecule is Cc1ccc2oc(C3(O)CC(C(=O)O)C3)cc2c1. The number of hydrogen-bond donors (Lipinski definition) is 2. The highest BCUT2D eigenvalue weighted by Gasteiger charge is 2.49. The van der Waals surface area contributed by atoms with E-state index in [4.69, 9.17) is 9.52 Å². The van der Waals surface area contributed by atoms with E-state index < -0.39 is 17.5 Å². The molecule has 0 saturated heterocycles. The molecule has 0 spiro atoms. The van der Waals surface area contributed by atoms with E-state index in [9.17, 15) is 9.90 Å². The summed E-state index contributed by atoms with van der Waals surface area (Å²) < 4.78 is 5.62. The van der Waals surface area contributed by atoms with Gasteiger partial charge in [0.2, 0.25) is 0 Å². The van der Waals surface area contributed by atoms with Crippen molar-refractivity contribution in [2.24, 2.45) is 5.92 Å². The standard InChI is InChI=1S/C14H14O4/c1-8-2-3-11-9(4-8)5-12(18-11)14(17)6-10(7-14)13(15)16/h2-5,10,17H,6-7H2,1H3,(H,15,16). The normalized spacial score (nSPS) is 27.1. The lowest BCUT2D eigenvalue weighted by atomic mass is 9.69. The summed E-state index contributed by atoms with van der Waals surface area (Å²) in [5.74, 6) is -0.850. The summed E-state index contributed by atoms with van der Waals surface area (Å²) in [7, 11) is 0. The number of benzene rings is 1. The Balaban J connectivity index is 1.94. The number of aliphatic hydroxyl groups is 1. The molecule has 1 aliphatic rings. The lowest BCUT2D eigenvalue weighted by Gasteiger charge is -2.39. The molecule has 0 aliphatic heterocycles. The maximum absolute atomic E-state index is 10.8. The summed E-state index contributed by atoms with van der Waals surface area (Å²) in [6.07, 6.45) is 0.447. The van der Waals surface area contributed by atoms with Crippen molar-refractivity contribution in [1.29, 1.82) is 0 Å². The molecule has 1 heterocycles. The molecule has 18 heavy (non-hydrogen) atoms. The zero-order valence-electron chi connectivity index (χ0n) is 10.0. The maximum atomic E-state index is 10.8. The van der Waals surface area contributed by atoms with Crippen molar-refractivity contribution < 1.29 is 19.4 Å². The molecule has 0 radical (unpaired) electrons. The molecule has 0 unspecified atom stereocenters. The number of carboxylic acid groups (broad SMARTS) is 1. The first-order valence-corrected chi connectivity index (χ1v) is 5.94. The number of aryl methyl sites for hydroxylation is 1. The van der Waals surface area contributed by atoms with Gasteiger partial charge in [-0.2, -0.15) is 0 Å². The minimum Gasteiger partial charge on any atom is -0.481 e. The highest BCUT2D eigenvalue weighted by atomic mass is 16.4. The lowest BCUT2D eigenvalue weighted by molar-refractivity contribution is -0.161. The lowest BCUT2D eigenvalue weighted by Crippen LogP contribution is -2.44. The fraction of sp³-hybridized carbons (Fsp3) is 0.357. The fourth-order valence-electron chi connectivity index (χ4n) is 2.52. The van der Waals surface area contributed by atoms with Gasteiger partial charge in [0.25, 0.3) is 0 Å². The Bertz CT molecular complexity index is 620. The van der Waals surface area contributed by atoms with E-state index in [2.05, 4.69) is 0 Å². The van der Waals surface area contributed by atoms with Crippen molar-refractivity contribution in [3.63, 3.8) is 0 Å². The Morgan fingerprint density at radius 1 is 1.39 bits per heavy atom. The van der Waals surface area contributed by atoms with Crippen LogP contribution < -0.4 is 0 Å². The Kier molecular flexibility index (Phi) is 2.25. The Labute approximate surface area is 104 Å². The molecule has 94 valence electrons. The van der Waals surface area contributed by atoms with Crippen LogP contribution in [0, 0.1) is 12.8 Å². The van der Waals surface area contributed by atoms with Crippen LogP contribution in [-0.2, 0) is 10.4 Å². The molecule has 0 atom stereocenters. The summed E-state index contributed by atoms with van der Waals surface area (Å²) in [4.78, 5) is 10.8. The second-order valence-corrected chi connectivity index (χ2v) is 5.13. The summed E-state index contributed by atoms with van der Waals surface area (Å²) in [5, 5.41) is 20.1. The molecule has 1 aromatic carbocycles. The Morgan fingerprint density at radius 2 is 2.11 bits per heavy atom. The van der Waals surface area contributed by atoms with E-state index in [-0.39, 0.29) is 12.8 Å². The van der Waals surface area contributed by atoms with E-state index in [1.807, 2.05) is 25.1 Å². The van der Waals surface area contributed by atoms with Gasteiger partial charge in [0, 0.05) is 5.39 Å². The Morgan fingerprint density at radius 3 is 2.78 bits per heavy atom. The van der Waals surface area contributed by atoms with Crippen molar-refractivity contribution in [2.75, 3.05) is 0 Å². The first kappa shape index (κ1) is 11.3. The molecule has 3 rings (SSSR count). The molecule has 1 aliphatic carbocycles. The maximum Gasteiger partial charge on any atom is 0.306 e. The molecular formula is C14H14O4. The van der Waals surface area contributed by atoms with Crippen LogP contribution in [0.3, 0.4) is 0 Å². The predicted molar refractivity (Wildman–Crippen MR) is 65.2 cm³/mol. The van der Waals surface area contributed by atoms with Gasteiger partial charge in [0.1, 0.15) is 16.9 Å². The van der Waals surface area contributed by atoms with Crippen molar-refractivity contribution >= 4 is 16.9 Å². The van der Waals surface area contributed by atoms with Gasteiger partial charge in [0.05, 0.1) is 5.92 Å². The number of furan rings is 1. The second kappa shape index (κ2) is 3.59. The van der Waals surface area contributed by atoms with E-state index in [1.165, 1.54) is 0 Å². The van der Waals surface area contributed by atoms with Crippen molar-refractivity contribution in [1.82, 2.24) is 0 Å². The third-order valence-corrected chi connectivity index (χ3v) is 3.65. The highest BCUT2D eigenvalue weighted by Crippen LogP contribution is 2.47. The van der Waals surface area contributed by atoms with Gasteiger partial charge in [-0.1, -0.05) is 11.6 Å². The average Bonchev–Trinajstić information content (AvgIpc) is 2.67. The molecule has 4 nitrogen and oxygen atoms in total. The number of hydrogen-bond acceptors (Lipinski definition) is 3. The second-order valence-electron chi connectivity index (χ2n) is 5.13. The Hall–Kier alpha value is -1.81. The molecular weight excluding hydrogens is 232 g/mol. The molecule has 1 fully saturated rings. The van der Waals surface area contributed by atoms with Crippen LogP contribution in [0.15, 0.2) is 28.7 Å². The van der Waals surface area contributed by atoms with Gasteiger partial charge in [0.15, 0.2) is 0 Å². The van der Waals surface area contributed by atoms with Gasteiger partial charge in [-0.25, -0.2) is 0 Å². The van der Waals surface area contributed by atoms with Crippen molar-refractivity contribution in [3.05, 3.63) is 35.6 Å². The summed E-state index contributed by atoms with van der Waals surface area (Å²) >= 11 is 0. The quantitative estimate of drug-likeness (QED) is 0.853. The molecule has 2 N–H and O–H groups in total. The number of carboxylic acids is 1. The summed E-state index contributed by atoms with van der Waals surface area (Å²) in [6, 6.07) is 7.60. The number of rotatable bonds is 2. The van der Waals surface area contributed by atoms with Crippen LogP contribution in [0.2, 0.25) is 0 Å². The topological polar surface area (TPSA) is 70.7 Å². The molecule has 2 aromatic rings. The van der Waals surface area contributed by atoms with Gasteiger partial charge in [-0.15, -0.1) is 0 Å². The first-order chi connectivity index (χ1) is 8.48. The zero-order chi connectivity index (χ0) is 12.9. The van der Waals surface area contributed by atoms with Crippen molar-refractivity contribution in [3.8, 4) is 0 Å².